The van der Waals surface area contributed by atoms with Gasteiger partial charge in [-0.3, -0.25) is 4.79 Å². The first-order valence-electron chi connectivity index (χ1n) is 5.85. The third-order valence-electron chi connectivity index (χ3n) is 2.78. The molecule has 0 amide bonds. The molecule has 0 saturated heterocycles. The first-order valence-corrected chi connectivity index (χ1v) is 5.85. The van der Waals surface area contributed by atoms with Gasteiger partial charge in [-0.15, -0.1) is 0 Å². The largest absolute Gasteiger partial charge is 0.496 e. The summed E-state index contributed by atoms with van der Waals surface area (Å²) in [6, 6.07) is 4.56. The first kappa shape index (κ1) is 15.4. The molecule has 2 unspecified atom stereocenters. The van der Waals surface area contributed by atoms with Crippen molar-refractivity contribution in [2.75, 3.05) is 13.7 Å². The number of benzene rings is 1. The van der Waals surface area contributed by atoms with Gasteiger partial charge in [0.05, 0.1) is 19.6 Å². The zero-order chi connectivity index (χ0) is 14.4. The lowest BCUT2D eigenvalue weighted by Crippen LogP contribution is -2.19. The van der Waals surface area contributed by atoms with Gasteiger partial charge in [-0.25, -0.2) is 0 Å². The van der Waals surface area contributed by atoms with E-state index in [0.717, 1.165) is 0 Å². The number of aliphatic carboxylic acids is 1. The molecule has 0 bridgehead atoms. The van der Waals surface area contributed by atoms with Gasteiger partial charge in [0.2, 0.25) is 0 Å². The van der Waals surface area contributed by atoms with Crippen LogP contribution < -0.4 is 4.74 Å². The number of carboxylic acids is 1. The molecule has 0 spiro atoms. The van der Waals surface area contributed by atoms with Gasteiger partial charge < -0.3 is 25.2 Å². The van der Waals surface area contributed by atoms with Crippen LogP contribution >= 0.6 is 0 Å². The minimum Gasteiger partial charge on any atom is -0.496 e. The number of aliphatic hydroxyl groups excluding tert-OH is 3. The second kappa shape index (κ2) is 7.08. The summed E-state index contributed by atoms with van der Waals surface area (Å²) in [4.78, 5) is 10.7. The Morgan fingerprint density at radius 2 is 2.05 bits per heavy atom. The van der Waals surface area contributed by atoms with Crippen LogP contribution in [0.2, 0.25) is 0 Å². The van der Waals surface area contributed by atoms with Gasteiger partial charge in [0.1, 0.15) is 11.9 Å². The van der Waals surface area contributed by atoms with Crippen LogP contribution in [0.1, 0.15) is 23.7 Å². The Balaban J connectivity index is 2.95. The van der Waals surface area contributed by atoms with Crippen molar-refractivity contribution in [2.24, 2.45) is 0 Å². The van der Waals surface area contributed by atoms with Crippen molar-refractivity contribution in [3.63, 3.8) is 0 Å². The quantitative estimate of drug-likeness (QED) is 0.560. The lowest BCUT2D eigenvalue weighted by Gasteiger charge is -2.18. The Morgan fingerprint density at radius 1 is 1.37 bits per heavy atom. The predicted molar refractivity (Wildman–Crippen MR) is 67.0 cm³/mol. The number of ether oxygens (including phenoxy) is 1. The second-order valence-electron chi connectivity index (χ2n) is 4.17. The summed E-state index contributed by atoms with van der Waals surface area (Å²) < 4.78 is 5.07. The van der Waals surface area contributed by atoms with Crippen molar-refractivity contribution in [3.05, 3.63) is 29.3 Å². The van der Waals surface area contributed by atoms with Crippen LogP contribution in [0.15, 0.2) is 18.2 Å². The molecular weight excluding hydrogens is 252 g/mol. The maximum atomic E-state index is 10.7. The highest BCUT2D eigenvalue weighted by Crippen LogP contribution is 2.26. The van der Waals surface area contributed by atoms with Gasteiger partial charge in [-0.1, -0.05) is 12.1 Å². The molecule has 0 saturated carbocycles. The Bertz CT molecular complexity index is 431. The fourth-order valence-electron chi connectivity index (χ4n) is 1.77. The highest BCUT2D eigenvalue weighted by Gasteiger charge is 2.19. The minimum absolute atomic E-state index is 0.0559. The number of carboxylic acid groups (broad SMARTS) is 1. The number of hydrogen-bond acceptors (Lipinski definition) is 5. The van der Waals surface area contributed by atoms with E-state index in [1.807, 2.05) is 0 Å². The van der Waals surface area contributed by atoms with E-state index in [1.54, 1.807) is 0 Å². The lowest BCUT2D eigenvalue weighted by molar-refractivity contribution is -0.136. The molecule has 1 aromatic rings. The third kappa shape index (κ3) is 4.20. The lowest BCUT2D eigenvalue weighted by atomic mass is 9.99. The van der Waals surface area contributed by atoms with Crippen LogP contribution in [0.3, 0.4) is 0 Å². The van der Waals surface area contributed by atoms with E-state index < -0.39 is 18.2 Å². The fourth-order valence-corrected chi connectivity index (χ4v) is 1.77. The zero-order valence-electron chi connectivity index (χ0n) is 10.6. The SMILES string of the molecule is COc1cc(C(O)C(O)CCO)ccc1CC(=O)O. The van der Waals surface area contributed by atoms with Gasteiger partial charge in [0.15, 0.2) is 0 Å². The van der Waals surface area contributed by atoms with Crippen LogP contribution in [-0.2, 0) is 11.2 Å². The fraction of sp³-hybridized carbons (Fsp3) is 0.462. The number of rotatable bonds is 7. The van der Waals surface area contributed by atoms with Gasteiger partial charge >= 0.3 is 5.97 Å². The van der Waals surface area contributed by atoms with E-state index in [4.69, 9.17) is 14.9 Å². The molecular formula is C13H18O6. The highest BCUT2D eigenvalue weighted by atomic mass is 16.5. The van der Waals surface area contributed by atoms with Crippen LogP contribution in [0.25, 0.3) is 0 Å². The van der Waals surface area contributed by atoms with Gasteiger partial charge in [0.25, 0.3) is 0 Å². The highest BCUT2D eigenvalue weighted by molar-refractivity contribution is 5.71. The molecule has 2 atom stereocenters. The second-order valence-corrected chi connectivity index (χ2v) is 4.17. The normalized spacial score (nSPS) is 13.9. The van der Waals surface area contributed by atoms with Crippen molar-refractivity contribution < 1.29 is 30.0 Å². The molecule has 0 aliphatic heterocycles. The van der Waals surface area contributed by atoms with Gasteiger partial charge in [0, 0.05) is 12.2 Å². The smallest absolute Gasteiger partial charge is 0.307 e. The van der Waals surface area contributed by atoms with E-state index in [-0.39, 0.29) is 19.4 Å². The third-order valence-corrected chi connectivity index (χ3v) is 2.78. The number of aliphatic hydroxyl groups is 3. The van der Waals surface area contributed by atoms with Gasteiger partial charge in [-0.2, -0.15) is 0 Å². The first-order chi connectivity index (χ1) is 8.99. The maximum absolute atomic E-state index is 10.7. The summed E-state index contributed by atoms with van der Waals surface area (Å²) in [5.74, 6) is -0.637. The van der Waals surface area contributed by atoms with Crippen LogP contribution in [0.5, 0.6) is 5.75 Å². The predicted octanol–water partition coefficient (Wildman–Crippen LogP) is 0.0990. The standard InChI is InChI=1S/C13H18O6/c1-19-11-6-9(13(18)10(15)4-5-14)3-2-8(11)7-12(16)17/h2-3,6,10,13-15,18H,4-5,7H2,1H3,(H,16,17). The monoisotopic (exact) mass is 270 g/mol. The molecule has 4 N–H and O–H groups in total. The summed E-state index contributed by atoms with van der Waals surface area (Å²) in [6.07, 6.45) is -2.36. The summed E-state index contributed by atoms with van der Waals surface area (Å²) in [7, 11) is 1.40. The minimum atomic E-state index is -1.15. The van der Waals surface area contributed by atoms with E-state index in [0.29, 0.717) is 16.9 Å². The zero-order valence-corrected chi connectivity index (χ0v) is 10.6. The topological polar surface area (TPSA) is 107 Å². The molecule has 1 aromatic carbocycles. The average Bonchev–Trinajstić information content (AvgIpc) is 2.38. The molecule has 19 heavy (non-hydrogen) atoms. The van der Waals surface area contributed by atoms with E-state index in [9.17, 15) is 15.0 Å². The number of carbonyl (C=O) groups is 1. The molecule has 6 heteroatoms. The molecule has 0 heterocycles. The molecule has 0 aromatic heterocycles. The summed E-state index contributed by atoms with van der Waals surface area (Å²) in [6.45, 7) is -0.230. The van der Waals surface area contributed by atoms with Crippen molar-refractivity contribution in [1.29, 1.82) is 0 Å². The number of methoxy groups -OCH3 is 1. The number of hydrogen-bond donors (Lipinski definition) is 4. The summed E-state index contributed by atoms with van der Waals surface area (Å²) >= 11 is 0. The molecule has 0 aliphatic rings. The van der Waals surface area contributed by atoms with Crippen molar-refractivity contribution in [2.45, 2.75) is 25.0 Å². The Labute approximate surface area is 110 Å². The molecule has 1 rings (SSSR count). The van der Waals surface area contributed by atoms with Crippen molar-refractivity contribution in [1.82, 2.24) is 0 Å². The van der Waals surface area contributed by atoms with Crippen LogP contribution in [-0.4, -0.2) is 46.2 Å². The van der Waals surface area contributed by atoms with Crippen molar-refractivity contribution >= 4 is 5.97 Å². The Kier molecular flexibility index (Phi) is 5.75. The van der Waals surface area contributed by atoms with Crippen molar-refractivity contribution in [3.8, 4) is 5.75 Å². The average molecular weight is 270 g/mol. The molecule has 0 fully saturated rings. The Hall–Kier alpha value is -1.63. The molecule has 6 nitrogen and oxygen atoms in total. The van der Waals surface area contributed by atoms with E-state index >= 15 is 0 Å². The van der Waals surface area contributed by atoms with E-state index in [2.05, 4.69) is 0 Å². The van der Waals surface area contributed by atoms with Crippen LogP contribution in [0.4, 0.5) is 0 Å². The molecule has 106 valence electrons. The van der Waals surface area contributed by atoms with Crippen LogP contribution in [0, 0.1) is 0 Å². The molecule has 0 aliphatic carbocycles. The van der Waals surface area contributed by atoms with E-state index in [1.165, 1.54) is 25.3 Å². The summed E-state index contributed by atoms with van der Waals surface area (Å²) in [5, 5.41) is 37.0. The maximum Gasteiger partial charge on any atom is 0.307 e. The molecule has 0 radical (unpaired) electrons. The summed E-state index contributed by atoms with van der Waals surface area (Å²) in [5.41, 5.74) is 0.898. The Morgan fingerprint density at radius 3 is 2.58 bits per heavy atom. The van der Waals surface area contributed by atoms with Gasteiger partial charge in [-0.05, 0) is 18.1 Å².